The summed E-state index contributed by atoms with van der Waals surface area (Å²) < 4.78 is 6.73. The lowest BCUT2D eigenvalue weighted by atomic mass is 10.3. The molecule has 0 fully saturated rings. The van der Waals surface area contributed by atoms with Gasteiger partial charge in [0.15, 0.2) is 0 Å². The summed E-state index contributed by atoms with van der Waals surface area (Å²) in [6.45, 7) is 0.667. The van der Waals surface area contributed by atoms with Gasteiger partial charge in [0.2, 0.25) is 0 Å². The predicted octanol–water partition coefficient (Wildman–Crippen LogP) is 4.20. The Morgan fingerprint density at radius 3 is 2.72 bits per heavy atom. The van der Waals surface area contributed by atoms with Crippen LogP contribution in [-0.2, 0) is 0 Å². The van der Waals surface area contributed by atoms with Crippen molar-refractivity contribution in [3.05, 3.63) is 53.0 Å². The smallest absolute Gasteiger partial charge is 0.121 e. The Hall–Kier alpha value is -1.13. The van der Waals surface area contributed by atoms with Crippen molar-refractivity contribution in [2.24, 2.45) is 0 Å². The Morgan fingerprint density at radius 1 is 1.11 bits per heavy atom. The predicted molar refractivity (Wildman–Crippen MR) is 81.2 cm³/mol. The summed E-state index contributed by atoms with van der Waals surface area (Å²) in [5, 5.41) is 0. The molecule has 2 nitrogen and oxygen atoms in total. The monoisotopic (exact) mass is 323 g/mol. The van der Waals surface area contributed by atoms with Gasteiger partial charge in [-0.1, -0.05) is 28.1 Å². The zero-order valence-corrected chi connectivity index (χ0v) is 12.2. The molecule has 0 saturated heterocycles. The van der Waals surface area contributed by atoms with E-state index in [4.69, 9.17) is 10.5 Å². The number of halogens is 1. The number of rotatable bonds is 5. The van der Waals surface area contributed by atoms with Crippen molar-refractivity contribution in [2.45, 2.75) is 4.90 Å². The van der Waals surface area contributed by atoms with Crippen molar-refractivity contribution >= 4 is 33.4 Å². The number of nitrogens with two attached hydrogens (primary N) is 1. The average Bonchev–Trinajstić information content (AvgIpc) is 2.35. The van der Waals surface area contributed by atoms with Gasteiger partial charge in [0.1, 0.15) is 5.75 Å². The van der Waals surface area contributed by atoms with E-state index in [0.29, 0.717) is 6.61 Å². The summed E-state index contributed by atoms with van der Waals surface area (Å²) >= 11 is 5.23. The van der Waals surface area contributed by atoms with Gasteiger partial charge in [-0.2, -0.15) is 0 Å². The molecule has 0 spiro atoms. The zero-order valence-electron chi connectivity index (χ0n) is 9.80. The normalized spacial score (nSPS) is 10.3. The van der Waals surface area contributed by atoms with E-state index in [-0.39, 0.29) is 0 Å². The second-order valence-corrected chi connectivity index (χ2v) is 5.81. The Kier molecular flexibility index (Phi) is 4.96. The van der Waals surface area contributed by atoms with Crippen LogP contribution in [0.2, 0.25) is 0 Å². The molecule has 2 N–H and O–H groups in total. The molecule has 94 valence electrons. The van der Waals surface area contributed by atoms with E-state index < -0.39 is 0 Å². The van der Waals surface area contributed by atoms with Crippen LogP contribution in [0, 0.1) is 0 Å². The molecule has 0 atom stereocenters. The molecule has 2 aromatic carbocycles. The maximum atomic E-state index is 5.68. The molecule has 0 heterocycles. The molecule has 0 aliphatic heterocycles. The van der Waals surface area contributed by atoms with Gasteiger partial charge in [-0.3, -0.25) is 0 Å². The molecule has 0 bridgehead atoms. The highest BCUT2D eigenvalue weighted by atomic mass is 79.9. The minimum atomic E-state index is 0.667. The van der Waals surface area contributed by atoms with E-state index in [9.17, 15) is 0 Å². The van der Waals surface area contributed by atoms with Crippen LogP contribution >= 0.6 is 27.7 Å². The van der Waals surface area contributed by atoms with E-state index in [2.05, 4.69) is 28.1 Å². The maximum Gasteiger partial charge on any atom is 0.121 e. The third kappa shape index (κ3) is 4.27. The molecule has 0 radical (unpaired) electrons. The first-order valence-corrected chi connectivity index (χ1v) is 7.38. The maximum absolute atomic E-state index is 5.68. The van der Waals surface area contributed by atoms with Gasteiger partial charge < -0.3 is 10.5 Å². The van der Waals surface area contributed by atoms with Crippen LogP contribution in [0.1, 0.15) is 0 Å². The first kappa shape index (κ1) is 13.3. The van der Waals surface area contributed by atoms with Crippen molar-refractivity contribution in [2.75, 3.05) is 18.1 Å². The molecule has 0 aromatic heterocycles. The Bertz CT molecular complexity index is 471. The van der Waals surface area contributed by atoms with Crippen LogP contribution < -0.4 is 10.5 Å². The summed E-state index contributed by atoms with van der Waals surface area (Å²) in [6, 6.07) is 15.7. The molecule has 0 unspecified atom stereocenters. The van der Waals surface area contributed by atoms with Crippen molar-refractivity contribution in [1.82, 2.24) is 0 Å². The lowest BCUT2D eigenvalue weighted by Gasteiger charge is -2.06. The van der Waals surface area contributed by atoms with Crippen LogP contribution in [0.5, 0.6) is 5.75 Å². The van der Waals surface area contributed by atoms with E-state index in [0.717, 1.165) is 21.7 Å². The number of ether oxygens (including phenoxy) is 1. The van der Waals surface area contributed by atoms with Crippen LogP contribution in [0.15, 0.2) is 57.9 Å². The topological polar surface area (TPSA) is 35.2 Å². The second-order valence-electron chi connectivity index (χ2n) is 3.73. The minimum Gasteiger partial charge on any atom is -0.493 e. The third-order valence-electron chi connectivity index (χ3n) is 2.27. The molecule has 4 heteroatoms. The number of benzene rings is 2. The minimum absolute atomic E-state index is 0.667. The highest BCUT2D eigenvalue weighted by Gasteiger charge is 1.97. The van der Waals surface area contributed by atoms with Crippen LogP contribution in [0.25, 0.3) is 0 Å². The van der Waals surface area contributed by atoms with Gasteiger partial charge in [0, 0.05) is 26.9 Å². The van der Waals surface area contributed by atoms with E-state index >= 15 is 0 Å². The number of nitrogen functional groups attached to an aromatic ring is 1. The Balaban J connectivity index is 1.76. The molecular weight excluding hydrogens is 310 g/mol. The van der Waals surface area contributed by atoms with E-state index in [1.165, 1.54) is 4.90 Å². The standard InChI is InChI=1S/C14H14BrNOS/c15-11-3-1-6-14(9-11)18-8-7-17-13-5-2-4-12(16)10-13/h1-6,9-10H,7-8,16H2. The largest absolute Gasteiger partial charge is 0.493 e. The SMILES string of the molecule is Nc1cccc(OCCSc2cccc(Br)c2)c1. The van der Waals surface area contributed by atoms with Crippen LogP contribution in [-0.4, -0.2) is 12.4 Å². The van der Waals surface area contributed by atoms with Gasteiger partial charge in [0.05, 0.1) is 6.61 Å². The average molecular weight is 324 g/mol. The van der Waals surface area contributed by atoms with Crippen molar-refractivity contribution in [1.29, 1.82) is 0 Å². The fourth-order valence-electron chi connectivity index (χ4n) is 1.48. The number of hydrogen-bond donors (Lipinski definition) is 1. The van der Waals surface area contributed by atoms with Crippen molar-refractivity contribution in [3.8, 4) is 5.75 Å². The molecule has 0 saturated carbocycles. The second kappa shape index (κ2) is 6.71. The number of hydrogen-bond acceptors (Lipinski definition) is 3. The van der Waals surface area contributed by atoms with Crippen molar-refractivity contribution in [3.63, 3.8) is 0 Å². The molecule has 2 rings (SSSR count). The van der Waals surface area contributed by atoms with E-state index in [1.54, 1.807) is 11.8 Å². The fraction of sp³-hybridized carbons (Fsp3) is 0.143. The molecular formula is C14H14BrNOS. The summed E-state index contributed by atoms with van der Waals surface area (Å²) in [7, 11) is 0. The summed E-state index contributed by atoms with van der Waals surface area (Å²) in [6.07, 6.45) is 0. The van der Waals surface area contributed by atoms with Gasteiger partial charge in [-0.05, 0) is 30.3 Å². The van der Waals surface area contributed by atoms with Crippen LogP contribution in [0.4, 0.5) is 5.69 Å². The molecule has 0 aliphatic rings. The number of thioether (sulfide) groups is 1. The lowest BCUT2D eigenvalue weighted by Crippen LogP contribution is -2.00. The Morgan fingerprint density at radius 2 is 1.94 bits per heavy atom. The molecule has 2 aromatic rings. The van der Waals surface area contributed by atoms with Gasteiger partial charge >= 0.3 is 0 Å². The first-order valence-electron chi connectivity index (χ1n) is 5.61. The quantitative estimate of drug-likeness (QED) is 0.508. The fourth-order valence-corrected chi connectivity index (χ4v) is 2.82. The van der Waals surface area contributed by atoms with Gasteiger partial charge in [-0.25, -0.2) is 0 Å². The van der Waals surface area contributed by atoms with Gasteiger partial charge in [-0.15, -0.1) is 11.8 Å². The molecule has 0 aliphatic carbocycles. The lowest BCUT2D eigenvalue weighted by molar-refractivity contribution is 0.344. The summed E-state index contributed by atoms with van der Waals surface area (Å²) in [4.78, 5) is 1.24. The van der Waals surface area contributed by atoms with Gasteiger partial charge in [0.25, 0.3) is 0 Å². The summed E-state index contributed by atoms with van der Waals surface area (Å²) in [5.41, 5.74) is 6.41. The van der Waals surface area contributed by atoms with E-state index in [1.807, 2.05) is 36.4 Å². The first-order chi connectivity index (χ1) is 8.74. The highest BCUT2D eigenvalue weighted by Crippen LogP contribution is 2.22. The number of anilines is 1. The zero-order chi connectivity index (χ0) is 12.8. The summed E-state index contributed by atoms with van der Waals surface area (Å²) in [5.74, 6) is 1.73. The third-order valence-corrected chi connectivity index (χ3v) is 3.73. The molecule has 18 heavy (non-hydrogen) atoms. The highest BCUT2D eigenvalue weighted by molar-refractivity contribution is 9.10. The molecule has 0 amide bonds. The van der Waals surface area contributed by atoms with Crippen molar-refractivity contribution < 1.29 is 4.74 Å². The Labute approximate surface area is 120 Å². The van der Waals surface area contributed by atoms with Crippen LogP contribution in [0.3, 0.4) is 0 Å².